The zero-order valence-corrected chi connectivity index (χ0v) is 12.6. The number of carbonyl (C=O) groups is 2. The van der Waals surface area contributed by atoms with Gasteiger partial charge in [-0.15, -0.1) is 0 Å². The van der Waals surface area contributed by atoms with Crippen molar-refractivity contribution < 1.29 is 20.5 Å². The monoisotopic (exact) mass is 309 g/mol. The van der Waals surface area contributed by atoms with Crippen LogP contribution in [0.4, 0.5) is 4.39 Å². The highest BCUT2D eigenvalue weighted by molar-refractivity contribution is 5.91. The number of benzene rings is 1. The standard InChI is InChI=1S/C17H22FNO3.H2/c18-15-9-6-5-8-14(15)11-12-16(20)19-13-7-3-1-2-4-10-17(21)22;/h5-6,8-9,11-12H,1-4,7,10,13H2,(H,19,20)(H,21,22);1H/b12-11+;. The van der Waals surface area contributed by atoms with Gasteiger partial charge in [0.2, 0.25) is 5.91 Å². The van der Waals surface area contributed by atoms with Crippen molar-refractivity contribution in [1.82, 2.24) is 5.32 Å². The van der Waals surface area contributed by atoms with Crippen molar-refractivity contribution in [3.63, 3.8) is 0 Å². The van der Waals surface area contributed by atoms with Crippen LogP contribution in [0.3, 0.4) is 0 Å². The number of hydrogen-bond acceptors (Lipinski definition) is 2. The van der Waals surface area contributed by atoms with Crippen LogP contribution in [0.5, 0.6) is 0 Å². The summed E-state index contributed by atoms with van der Waals surface area (Å²) in [7, 11) is 0. The molecule has 122 valence electrons. The number of carboxylic acids is 1. The average Bonchev–Trinajstić information content (AvgIpc) is 2.49. The first-order chi connectivity index (χ1) is 10.6. The molecule has 1 aromatic rings. The molecule has 5 heteroatoms. The first kappa shape index (κ1) is 17.9. The Balaban J connectivity index is 0.00000484. The summed E-state index contributed by atoms with van der Waals surface area (Å²) in [5.74, 6) is -1.35. The van der Waals surface area contributed by atoms with E-state index in [0.717, 1.165) is 25.7 Å². The summed E-state index contributed by atoms with van der Waals surface area (Å²) in [6, 6.07) is 6.27. The fourth-order valence-corrected chi connectivity index (χ4v) is 1.98. The number of carbonyl (C=O) groups excluding carboxylic acids is 1. The third-order valence-electron chi connectivity index (χ3n) is 3.19. The van der Waals surface area contributed by atoms with E-state index in [4.69, 9.17) is 5.11 Å². The van der Waals surface area contributed by atoms with Crippen LogP contribution in [0.1, 0.15) is 45.5 Å². The molecule has 0 aliphatic heterocycles. The van der Waals surface area contributed by atoms with Crippen molar-refractivity contribution in [3.05, 3.63) is 41.7 Å². The van der Waals surface area contributed by atoms with Crippen molar-refractivity contribution in [1.29, 1.82) is 0 Å². The molecule has 2 N–H and O–H groups in total. The number of unbranched alkanes of at least 4 members (excludes halogenated alkanes) is 4. The molecular formula is C17H24FNO3. The van der Waals surface area contributed by atoms with Gasteiger partial charge >= 0.3 is 5.97 Å². The SMILES string of the molecule is O=C(O)CCCCCCCNC(=O)/C=C/c1ccccc1F.[HH]. The smallest absolute Gasteiger partial charge is 0.303 e. The molecule has 0 atom stereocenters. The van der Waals surface area contributed by atoms with Gasteiger partial charge < -0.3 is 10.4 Å². The molecule has 0 unspecified atom stereocenters. The molecule has 0 spiro atoms. The maximum absolute atomic E-state index is 13.3. The number of nitrogens with one attached hydrogen (secondary N) is 1. The summed E-state index contributed by atoms with van der Waals surface area (Å²) < 4.78 is 13.3. The molecule has 1 amide bonds. The van der Waals surface area contributed by atoms with Crippen molar-refractivity contribution in [2.24, 2.45) is 0 Å². The largest absolute Gasteiger partial charge is 0.481 e. The zero-order chi connectivity index (χ0) is 16.2. The van der Waals surface area contributed by atoms with E-state index in [0.29, 0.717) is 18.5 Å². The van der Waals surface area contributed by atoms with E-state index in [1.165, 1.54) is 18.2 Å². The van der Waals surface area contributed by atoms with Crippen LogP contribution in [0.2, 0.25) is 0 Å². The second-order valence-corrected chi connectivity index (χ2v) is 5.06. The highest BCUT2D eigenvalue weighted by atomic mass is 19.1. The molecule has 0 aliphatic rings. The Morgan fingerprint density at radius 1 is 1.14 bits per heavy atom. The van der Waals surface area contributed by atoms with E-state index in [2.05, 4.69) is 5.32 Å². The number of halogens is 1. The maximum atomic E-state index is 13.3. The Hall–Kier alpha value is -2.17. The van der Waals surface area contributed by atoms with Gasteiger partial charge in [0.25, 0.3) is 0 Å². The van der Waals surface area contributed by atoms with E-state index in [1.54, 1.807) is 18.2 Å². The summed E-state index contributed by atoms with van der Waals surface area (Å²) in [6.45, 7) is 0.569. The fraction of sp³-hybridized carbons (Fsp3) is 0.412. The molecular weight excluding hydrogens is 285 g/mol. The molecule has 0 aromatic heterocycles. The average molecular weight is 309 g/mol. The van der Waals surface area contributed by atoms with E-state index < -0.39 is 5.97 Å². The van der Waals surface area contributed by atoms with Crippen LogP contribution in [-0.2, 0) is 9.59 Å². The predicted molar refractivity (Wildman–Crippen MR) is 85.9 cm³/mol. The molecule has 1 rings (SSSR count). The Labute approximate surface area is 131 Å². The molecule has 4 nitrogen and oxygen atoms in total. The third kappa shape index (κ3) is 8.19. The quantitative estimate of drug-likeness (QED) is 0.512. The first-order valence-corrected chi connectivity index (χ1v) is 7.52. The Morgan fingerprint density at radius 2 is 1.82 bits per heavy atom. The number of carboxylic acid groups (broad SMARTS) is 1. The van der Waals surface area contributed by atoms with Crippen LogP contribution < -0.4 is 5.32 Å². The maximum Gasteiger partial charge on any atom is 0.303 e. The van der Waals surface area contributed by atoms with Crippen molar-refractivity contribution in [3.8, 4) is 0 Å². The molecule has 0 saturated heterocycles. The Bertz CT molecular complexity index is 520. The summed E-state index contributed by atoms with van der Waals surface area (Å²) in [5.41, 5.74) is 0.385. The van der Waals surface area contributed by atoms with Gasteiger partial charge in [0, 0.05) is 26.0 Å². The topological polar surface area (TPSA) is 66.4 Å². The second-order valence-electron chi connectivity index (χ2n) is 5.06. The molecule has 0 saturated carbocycles. The Kier molecular flexibility index (Phi) is 8.57. The van der Waals surface area contributed by atoms with E-state index in [1.807, 2.05) is 0 Å². The van der Waals surface area contributed by atoms with Crippen molar-refractivity contribution in [2.75, 3.05) is 6.54 Å². The van der Waals surface area contributed by atoms with Gasteiger partial charge in [-0.25, -0.2) is 4.39 Å². The number of rotatable bonds is 10. The molecule has 0 fully saturated rings. The van der Waals surface area contributed by atoms with Crippen molar-refractivity contribution in [2.45, 2.75) is 38.5 Å². The van der Waals surface area contributed by atoms with E-state index >= 15 is 0 Å². The van der Waals surface area contributed by atoms with Gasteiger partial charge in [-0.1, -0.05) is 37.5 Å². The zero-order valence-electron chi connectivity index (χ0n) is 12.6. The van der Waals surface area contributed by atoms with E-state index in [-0.39, 0.29) is 19.6 Å². The normalized spacial score (nSPS) is 10.8. The third-order valence-corrected chi connectivity index (χ3v) is 3.19. The van der Waals surface area contributed by atoms with Crippen LogP contribution in [0.25, 0.3) is 6.08 Å². The lowest BCUT2D eigenvalue weighted by molar-refractivity contribution is -0.137. The Morgan fingerprint density at radius 3 is 2.55 bits per heavy atom. The highest BCUT2D eigenvalue weighted by Gasteiger charge is 1.99. The van der Waals surface area contributed by atoms with Gasteiger partial charge in [0.1, 0.15) is 5.82 Å². The fourth-order valence-electron chi connectivity index (χ4n) is 1.98. The van der Waals surface area contributed by atoms with Gasteiger partial charge in [0.15, 0.2) is 0 Å². The van der Waals surface area contributed by atoms with Crippen LogP contribution in [0, 0.1) is 5.82 Å². The molecule has 0 heterocycles. The minimum atomic E-state index is -0.756. The first-order valence-electron chi connectivity index (χ1n) is 7.52. The van der Waals surface area contributed by atoms with Gasteiger partial charge in [-0.3, -0.25) is 9.59 Å². The minimum Gasteiger partial charge on any atom is -0.481 e. The predicted octanol–water partition coefficient (Wildman–Crippen LogP) is 3.63. The van der Waals surface area contributed by atoms with E-state index in [9.17, 15) is 14.0 Å². The highest BCUT2D eigenvalue weighted by Crippen LogP contribution is 2.08. The van der Waals surface area contributed by atoms with Gasteiger partial charge in [-0.05, 0) is 25.0 Å². The lowest BCUT2D eigenvalue weighted by Crippen LogP contribution is -2.21. The summed E-state index contributed by atoms with van der Waals surface area (Å²) in [4.78, 5) is 21.9. The summed E-state index contributed by atoms with van der Waals surface area (Å²) >= 11 is 0. The van der Waals surface area contributed by atoms with Crippen LogP contribution in [0.15, 0.2) is 30.3 Å². The molecule has 0 radical (unpaired) electrons. The second kappa shape index (κ2) is 10.5. The summed E-state index contributed by atoms with van der Waals surface area (Å²) in [5, 5.41) is 11.2. The molecule has 0 bridgehead atoms. The number of aliphatic carboxylic acids is 1. The lowest BCUT2D eigenvalue weighted by Gasteiger charge is -2.02. The van der Waals surface area contributed by atoms with Gasteiger partial charge in [-0.2, -0.15) is 0 Å². The lowest BCUT2D eigenvalue weighted by atomic mass is 10.1. The number of amides is 1. The molecule has 22 heavy (non-hydrogen) atoms. The minimum absolute atomic E-state index is 0. The van der Waals surface area contributed by atoms with Crippen LogP contribution in [-0.4, -0.2) is 23.5 Å². The van der Waals surface area contributed by atoms with Gasteiger partial charge in [0.05, 0.1) is 0 Å². The summed E-state index contributed by atoms with van der Waals surface area (Å²) in [6.07, 6.45) is 7.37. The molecule has 0 aliphatic carbocycles. The van der Waals surface area contributed by atoms with Crippen LogP contribution >= 0.6 is 0 Å². The molecule has 1 aromatic carbocycles. The number of hydrogen-bond donors (Lipinski definition) is 2. The van der Waals surface area contributed by atoms with Crippen molar-refractivity contribution >= 4 is 18.0 Å².